The van der Waals surface area contributed by atoms with Crippen LogP contribution in [0.3, 0.4) is 0 Å². The van der Waals surface area contributed by atoms with Gasteiger partial charge in [0, 0.05) is 12.3 Å². The monoisotopic (exact) mass is 443 g/mol. The molecule has 0 fully saturated rings. The van der Waals surface area contributed by atoms with Crippen molar-refractivity contribution < 1.29 is 14.3 Å². The SMILES string of the molecule is COc1cccc(-n2nnc(C(=O)NC(C)c3cccc(OCc4ccccn4)c3)c2C)c1. The molecular weight excluding hydrogens is 418 g/mol. The smallest absolute Gasteiger partial charge is 0.274 e. The van der Waals surface area contributed by atoms with E-state index >= 15 is 0 Å². The molecule has 0 saturated heterocycles. The maximum absolute atomic E-state index is 12.9. The molecule has 2 heterocycles. The molecule has 0 saturated carbocycles. The highest BCUT2D eigenvalue weighted by Gasteiger charge is 2.20. The van der Waals surface area contributed by atoms with E-state index in [-0.39, 0.29) is 17.6 Å². The van der Waals surface area contributed by atoms with Crippen molar-refractivity contribution in [2.75, 3.05) is 7.11 Å². The average molecular weight is 444 g/mol. The third-order valence-electron chi connectivity index (χ3n) is 5.23. The van der Waals surface area contributed by atoms with Gasteiger partial charge >= 0.3 is 0 Å². The Hall–Kier alpha value is -4.20. The summed E-state index contributed by atoms with van der Waals surface area (Å²) < 4.78 is 12.7. The maximum Gasteiger partial charge on any atom is 0.274 e. The van der Waals surface area contributed by atoms with Crippen LogP contribution in [-0.2, 0) is 6.61 Å². The lowest BCUT2D eigenvalue weighted by atomic mass is 10.1. The summed E-state index contributed by atoms with van der Waals surface area (Å²) in [7, 11) is 1.60. The van der Waals surface area contributed by atoms with Crippen LogP contribution in [0.1, 0.15) is 40.4 Å². The van der Waals surface area contributed by atoms with Crippen LogP contribution in [0.15, 0.2) is 72.9 Å². The van der Waals surface area contributed by atoms with E-state index < -0.39 is 0 Å². The standard InChI is InChI=1S/C25H25N5O3/c1-17(19-8-6-12-23(14-19)33-16-20-9-4-5-13-26-20)27-25(31)24-18(2)30(29-28-24)21-10-7-11-22(15-21)32-3/h4-15,17H,16H2,1-3H3,(H,27,31). The summed E-state index contributed by atoms with van der Waals surface area (Å²) in [5.74, 6) is 1.11. The van der Waals surface area contributed by atoms with Crippen molar-refractivity contribution in [3.8, 4) is 17.2 Å². The fourth-order valence-corrected chi connectivity index (χ4v) is 3.39. The summed E-state index contributed by atoms with van der Waals surface area (Å²) in [6, 6.07) is 20.5. The van der Waals surface area contributed by atoms with E-state index in [1.54, 1.807) is 18.0 Å². The van der Waals surface area contributed by atoms with Gasteiger partial charge in [-0.2, -0.15) is 0 Å². The minimum absolute atomic E-state index is 0.253. The molecule has 4 rings (SSSR count). The Morgan fingerprint density at radius 3 is 2.67 bits per heavy atom. The average Bonchev–Trinajstić information content (AvgIpc) is 3.25. The van der Waals surface area contributed by atoms with Crippen LogP contribution in [0.4, 0.5) is 0 Å². The van der Waals surface area contributed by atoms with Crippen LogP contribution in [0.25, 0.3) is 5.69 Å². The van der Waals surface area contributed by atoms with E-state index in [1.807, 2.05) is 80.6 Å². The number of hydrogen-bond acceptors (Lipinski definition) is 6. The number of benzene rings is 2. The predicted octanol–water partition coefficient (Wildman–Crippen LogP) is 4.05. The molecule has 4 aromatic rings. The van der Waals surface area contributed by atoms with Gasteiger partial charge in [-0.25, -0.2) is 4.68 Å². The van der Waals surface area contributed by atoms with Crippen molar-refractivity contribution in [3.63, 3.8) is 0 Å². The van der Waals surface area contributed by atoms with Crippen LogP contribution in [-0.4, -0.2) is 33.0 Å². The molecule has 0 aliphatic heterocycles. The summed E-state index contributed by atoms with van der Waals surface area (Å²) >= 11 is 0. The number of amides is 1. The Labute approximate surface area is 192 Å². The Morgan fingerprint density at radius 2 is 1.88 bits per heavy atom. The van der Waals surface area contributed by atoms with E-state index in [4.69, 9.17) is 9.47 Å². The van der Waals surface area contributed by atoms with Gasteiger partial charge in [0.1, 0.15) is 18.1 Å². The van der Waals surface area contributed by atoms with Gasteiger partial charge in [0.15, 0.2) is 5.69 Å². The highest BCUT2D eigenvalue weighted by molar-refractivity contribution is 5.93. The molecule has 8 heteroatoms. The normalized spacial score (nSPS) is 11.6. The number of hydrogen-bond donors (Lipinski definition) is 1. The van der Waals surface area contributed by atoms with Gasteiger partial charge in [-0.1, -0.05) is 29.5 Å². The molecule has 0 aliphatic rings. The molecule has 1 N–H and O–H groups in total. The Kier molecular flexibility index (Phi) is 6.64. The number of aromatic nitrogens is 4. The lowest BCUT2D eigenvalue weighted by molar-refractivity contribution is 0.0934. The van der Waals surface area contributed by atoms with E-state index in [0.717, 1.165) is 16.9 Å². The largest absolute Gasteiger partial charge is 0.497 e. The van der Waals surface area contributed by atoms with E-state index in [0.29, 0.717) is 23.8 Å². The number of carbonyl (C=O) groups is 1. The lowest BCUT2D eigenvalue weighted by Crippen LogP contribution is -2.27. The summed E-state index contributed by atoms with van der Waals surface area (Å²) in [6.45, 7) is 4.10. The fraction of sp³-hybridized carbons (Fsp3) is 0.200. The van der Waals surface area contributed by atoms with Crippen molar-refractivity contribution >= 4 is 5.91 Å². The zero-order valence-electron chi connectivity index (χ0n) is 18.7. The first-order valence-electron chi connectivity index (χ1n) is 10.6. The van der Waals surface area contributed by atoms with E-state index in [9.17, 15) is 4.79 Å². The first kappa shape index (κ1) is 22.0. The van der Waals surface area contributed by atoms with Gasteiger partial charge in [0.05, 0.1) is 30.2 Å². The van der Waals surface area contributed by atoms with Gasteiger partial charge in [0.2, 0.25) is 0 Å². The molecule has 1 amide bonds. The van der Waals surface area contributed by atoms with Crippen molar-refractivity contribution in [1.82, 2.24) is 25.3 Å². The molecule has 0 bridgehead atoms. The number of ether oxygens (including phenoxy) is 2. The van der Waals surface area contributed by atoms with Gasteiger partial charge in [-0.15, -0.1) is 5.10 Å². The summed E-state index contributed by atoms with van der Waals surface area (Å²) in [5, 5.41) is 11.3. The molecule has 1 unspecified atom stereocenters. The third kappa shape index (κ3) is 5.17. The quantitative estimate of drug-likeness (QED) is 0.442. The lowest BCUT2D eigenvalue weighted by Gasteiger charge is -2.15. The first-order chi connectivity index (χ1) is 16.0. The van der Waals surface area contributed by atoms with Gasteiger partial charge < -0.3 is 14.8 Å². The predicted molar refractivity (Wildman–Crippen MR) is 124 cm³/mol. The fourth-order valence-electron chi connectivity index (χ4n) is 3.39. The third-order valence-corrected chi connectivity index (χ3v) is 5.23. The van der Waals surface area contributed by atoms with Crippen molar-refractivity contribution in [2.45, 2.75) is 26.5 Å². The van der Waals surface area contributed by atoms with Gasteiger partial charge in [-0.05, 0) is 55.8 Å². The Bertz CT molecular complexity index is 1240. The van der Waals surface area contributed by atoms with Crippen LogP contribution in [0.5, 0.6) is 11.5 Å². The second kappa shape index (κ2) is 9.95. The molecule has 2 aromatic carbocycles. The Morgan fingerprint density at radius 1 is 1.06 bits per heavy atom. The zero-order chi connectivity index (χ0) is 23.2. The minimum Gasteiger partial charge on any atom is -0.497 e. The maximum atomic E-state index is 12.9. The number of nitrogens with one attached hydrogen (secondary N) is 1. The molecular formula is C25H25N5O3. The van der Waals surface area contributed by atoms with Crippen LogP contribution in [0, 0.1) is 6.92 Å². The molecule has 2 aromatic heterocycles. The second-order valence-electron chi connectivity index (χ2n) is 7.51. The van der Waals surface area contributed by atoms with Crippen molar-refractivity contribution in [3.05, 3.63) is 95.6 Å². The number of rotatable bonds is 8. The van der Waals surface area contributed by atoms with E-state index in [2.05, 4.69) is 20.6 Å². The molecule has 0 radical (unpaired) electrons. The second-order valence-corrected chi connectivity index (χ2v) is 7.51. The molecule has 1 atom stereocenters. The van der Waals surface area contributed by atoms with Crippen LogP contribution in [0.2, 0.25) is 0 Å². The number of nitrogens with zero attached hydrogens (tertiary/aromatic N) is 4. The van der Waals surface area contributed by atoms with Gasteiger partial charge in [0.25, 0.3) is 5.91 Å². The van der Waals surface area contributed by atoms with Crippen molar-refractivity contribution in [1.29, 1.82) is 0 Å². The van der Waals surface area contributed by atoms with Crippen LogP contribution >= 0.6 is 0 Å². The van der Waals surface area contributed by atoms with Gasteiger partial charge in [-0.3, -0.25) is 9.78 Å². The zero-order valence-corrected chi connectivity index (χ0v) is 18.7. The number of methoxy groups -OCH3 is 1. The van der Waals surface area contributed by atoms with Crippen LogP contribution < -0.4 is 14.8 Å². The van der Waals surface area contributed by atoms with E-state index in [1.165, 1.54) is 0 Å². The molecule has 0 spiro atoms. The Balaban J connectivity index is 1.44. The molecule has 168 valence electrons. The first-order valence-corrected chi connectivity index (χ1v) is 10.6. The molecule has 33 heavy (non-hydrogen) atoms. The summed E-state index contributed by atoms with van der Waals surface area (Å²) in [4.78, 5) is 17.2. The minimum atomic E-state index is -0.297. The number of pyridine rings is 1. The van der Waals surface area contributed by atoms with Crippen molar-refractivity contribution in [2.24, 2.45) is 0 Å². The topological polar surface area (TPSA) is 91.2 Å². The number of carbonyl (C=O) groups excluding carboxylic acids is 1. The highest BCUT2D eigenvalue weighted by atomic mass is 16.5. The summed E-state index contributed by atoms with van der Waals surface area (Å²) in [5.41, 5.74) is 3.44. The molecule has 0 aliphatic carbocycles. The highest BCUT2D eigenvalue weighted by Crippen LogP contribution is 2.21. The molecule has 8 nitrogen and oxygen atoms in total. The summed E-state index contributed by atoms with van der Waals surface area (Å²) in [6.07, 6.45) is 1.74.